The highest BCUT2D eigenvalue weighted by Gasteiger charge is 2.18. The van der Waals surface area contributed by atoms with E-state index in [4.69, 9.17) is 15.6 Å². The van der Waals surface area contributed by atoms with Crippen molar-refractivity contribution in [2.24, 2.45) is 0 Å². The van der Waals surface area contributed by atoms with Crippen LogP contribution >= 0.6 is 0 Å². The molecule has 0 saturated heterocycles. The molecule has 1 atom stereocenters. The molecule has 0 spiro atoms. The first-order valence-electron chi connectivity index (χ1n) is 10.3. The SMILES string of the molecule is CNCc1ccc(C(=N)OC(=N)c2nc(-c3ccc(S(=O)C(C)C)c(F)c3)cnc2C)cc1. The summed E-state index contributed by atoms with van der Waals surface area (Å²) in [5.74, 6) is -1.10. The second-order valence-corrected chi connectivity index (χ2v) is 9.65. The van der Waals surface area contributed by atoms with Crippen LogP contribution in [0.15, 0.2) is 53.6 Å². The van der Waals surface area contributed by atoms with E-state index in [0.29, 0.717) is 29.1 Å². The molecule has 0 aliphatic heterocycles. The highest BCUT2D eigenvalue weighted by molar-refractivity contribution is 7.85. The molecular weight excluding hydrogens is 441 g/mol. The van der Waals surface area contributed by atoms with Gasteiger partial charge < -0.3 is 10.1 Å². The van der Waals surface area contributed by atoms with Crippen LogP contribution in [-0.4, -0.2) is 38.3 Å². The summed E-state index contributed by atoms with van der Waals surface area (Å²) in [6, 6.07) is 11.6. The van der Waals surface area contributed by atoms with Crippen LogP contribution in [0.2, 0.25) is 0 Å². The Morgan fingerprint density at radius 3 is 2.45 bits per heavy atom. The molecular formula is C24H26FN5O2S. The van der Waals surface area contributed by atoms with E-state index in [2.05, 4.69) is 15.3 Å². The number of hydrogen-bond acceptors (Lipinski definition) is 7. The van der Waals surface area contributed by atoms with E-state index in [1.807, 2.05) is 19.2 Å². The molecule has 0 amide bonds. The van der Waals surface area contributed by atoms with Crippen molar-refractivity contribution >= 4 is 22.6 Å². The van der Waals surface area contributed by atoms with Crippen molar-refractivity contribution < 1.29 is 13.3 Å². The molecule has 3 rings (SSSR count). The van der Waals surface area contributed by atoms with Gasteiger partial charge in [0.15, 0.2) is 0 Å². The zero-order chi connectivity index (χ0) is 24.1. The molecule has 2 aromatic carbocycles. The van der Waals surface area contributed by atoms with Gasteiger partial charge in [-0.05, 0) is 43.8 Å². The molecule has 9 heteroatoms. The summed E-state index contributed by atoms with van der Waals surface area (Å²) < 4.78 is 32.3. The minimum absolute atomic E-state index is 0.138. The topological polar surface area (TPSA) is 112 Å². The van der Waals surface area contributed by atoms with Crippen molar-refractivity contribution in [3.05, 3.63) is 77.0 Å². The molecule has 172 valence electrons. The van der Waals surface area contributed by atoms with Crippen molar-refractivity contribution in [2.75, 3.05) is 7.05 Å². The maximum atomic E-state index is 14.6. The summed E-state index contributed by atoms with van der Waals surface area (Å²) in [4.78, 5) is 8.82. The van der Waals surface area contributed by atoms with Crippen molar-refractivity contribution in [3.8, 4) is 11.3 Å². The van der Waals surface area contributed by atoms with Gasteiger partial charge >= 0.3 is 0 Å². The van der Waals surface area contributed by atoms with E-state index in [0.717, 1.165) is 5.56 Å². The van der Waals surface area contributed by atoms with E-state index in [1.165, 1.54) is 18.3 Å². The van der Waals surface area contributed by atoms with Crippen LogP contribution in [0, 0.1) is 23.6 Å². The number of nitrogens with one attached hydrogen (secondary N) is 3. The third-order valence-corrected chi connectivity index (χ3v) is 6.47. The van der Waals surface area contributed by atoms with Crippen LogP contribution < -0.4 is 5.32 Å². The lowest BCUT2D eigenvalue weighted by Gasteiger charge is -2.12. The van der Waals surface area contributed by atoms with E-state index >= 15 is 0 Å². The van der Waals surface area contributed by atoms with Gasteiger partial charge in [-0.1, -0.05) is 32.0 Å². The van der Waals surface area contributed by atoms with Gasteiger partial charge in [0.1, 0.15) is 11.5 Å². The maximum absolute atomic E-state index is 14.6. The molecule has 0 fully saturated rings. The summed E-state index contributed by atoms with van der Waals surface area (Å²) in [5.41, 5.74) is 2.96. The van der Waals surface area contributed by atoms with Crippen LogP contribution in [0.25, 0.3) is 11.3 Å². The fourth-order valence-electron chi connectivity index (χ4n) is 3.07. The van der Waals surface area contributed by atoms with Gasteiger partial charge in [0.05, 0.1) is 33.3 Å². The molecule has 3 aromatic rings. The normalized spacial score (nSPS) is 11.9. The first-order chi connectivity index (χ1) is 15.7. The van der Waals surface area contributed by atoms with Crippen molar-refractivity contribution in [1.82, 2.24) is 15.3 Å². The molecule has 0 radical (unpaired) electrons. The molecule has 0 aliphatic rings. The minimum Gasteiger partial charge on any atom is -0.419 e. The van der Waals surface area contributed by atoms with E-state index in [9.17, 15) is 8.60 Å². The lowest BCUT2D eigenvalue weighted by Crippen LogP contribution is -2.16. The Balaban J connectivity index is 1.82. The molecule has 1 aromatic heterocycles. The van der Waals surface area contributed by atoms with Crippen molar-refractivity contribution in [1.29, 1.82) is 10.8 Å². The minimum atomic E-state index is -1.45. The van der Waals surface area contributed by atoms with Crippen LogP contribution in [-0.2, 0) is 22.1 Å². The quantitative estimate of drug-likeness (QED) is 0.356. The summed E-state index contributed by atoms with van der Waals surface area (Å²) in [7, 11) is 0.407. The molecule has 1 unspecified atom stereocenters. The Hall–Kier alpha value is -3.30. The predicted molar refractivity (Wildman–Crippen MR) is 128 cm³/mol. The molecule has 0 saturated carbocycles. The van der Waals surface area contributed by atoms with E-state index < -0.39 is 16.6 Å². The van der Waals surface area contributed by atoms with Crippen LogP contribution in [0.4, 0.5) is 4.39 Å². The number of hydrogen-bond donors (Lipinski definition) is 3. The zero-order valence-corrected chi connectivity index (χ0v) is 19.7. The smallest absolute Gasteiger partial charge is 0.241 e. The summed E-state index contributed by atoms with van der Waals surface area (Å²) >= 11 is 0. The monoisotopic (exact) mass is 467 g/mol. The molecule has 7 nitrogen and oxygen atoms in total. The van der Waals surface area contributed by atoms with Crippen LogP contribution in [0.3, 0.4) is 0 Å². The molecule has 3 N–H and O–H groups in total. The number of aryl methyl sites for hydroxylation is 1. The Morgan fingerprint density at radius 1 is 1.15 bits per heavy atom. The summed E-state index contributed by atoms with van der Waals surface area (Å²) in [6.45, 7) is 5.92. The molecule has 1 heterocycles. The van der Waals surface area contributed by atoms with Gasteiger partial charge in [0.2, 0.25) is 11.8 Å². The zero-order valence-electron chi connectivity index (χ0n) is 18.9. The molecule has 33 heavy (non-hydrogen) atoms. The van der Waals surface area contributed by atoms with E-state index in [-0.39, 0.29) is 27.6 Å². The average Bonchev–Trinajstić information content (AvgIpc) is 2.79. The third kappa shape index (κ3) is 5.74. The fraction of sp³-hybridized carbons (Fsp3) is 0.250. The number of nitrogens with zero attached hydrogens (tertiary/aromatic N) is 2. The molecule has 0 bridgehead atoms. The number of ether oxygens (including phenoxy) is 1. The van der Waals surface area contributed by atoms with Gasteiger partial charge in [-0.25, -0.2) is 9.37 Å². The Morgan fingerprint density at radius 2 is 1.85 bits per heavy atom. The Bertz CT molecular complexity index is 1210. The van der Waals surface area contributed by atoms with Crippen LogP contribution in [0.1, 0.15) is 36.4 Å². The van der Waals surface area contributed by atoms with Crippen molar-refractivity contribution in [3.63, 3.8) is 0 Å². The second kappa shape index (κ2) is 10.5. The summed E-state index contributed by atoms with van der Waals surface area (Å²) in [5, 5.41) is 19.3. The van der Waals surface area contributed by atoms with Crippen LogP contribution in [0.5, 0.6) is 0 Å². The lowest BCUT2D eigenvalue weighted by molar-refractivity contribution is 0.534. The van der Waals surface area contributed by atoms with Gasteiger partial charge in [0, 0.05) is 22.9 Å². The second-order valence-electron chi connectivity index (χ2n) is 7.67. The Kier molecular flexibility index (Phi) is 7.78. The highest BCUT2D eigenvalue weighted by Crippen LogP contribution is 2.24. The third-order valence-electron chi connectivity index (χ3n) is 4.84. The van der Waals surface area contributed by atoms with Gasteiger partial charge in [-0.15, -0.1) is 0 Å². The van der Waals surface area contributed by atoms with Crippen molar-refractivity contribution in [2.45, 2.75) is 37.5 Å². The van der Waals surface area contributed by atoms with E-state index in [1.54, 1.807) is 39.0 Å². The number of rotatable bonds is 7. The van der Waals surface area contributed by atoms with Gasteiger partial charge in [-0.3, -0.25) is 20.0 Å². The number of aromatic nitrogens is 2. The highest BCUT2D eigenvalue weighted by atomic mass is 32.2. The standard InChI is InChI=1S/C24H26FN5O2S/c1-14(2)33(31)21-10-9-18(11-19(21)25)20-13-29-15(3)22(30-20)24(27)32-23(26)17-7-5-16(6-8-17)12-28-4/h5-11,13-14,26-28H,12H2,1-4H3. The largest absolute Gasteiger partial charge is 0.419 e. The van der Waals surface area contributed by atoms with Gasteiger partial charge in [-0.2, -0.15) is 0 Å². The summed E-state index contributed by atoms with van der Waals surface area (Å²) in [6.07, 6.45) is 1.48. The fourth-order valence-corrected chi connectivity index (χ4v) is 4.03. The average molecular weight is 468 g/mol. The predicted octanol–water partition coefficient (Wildman–Crippen LogP) is 4.19. The first-order valence-corrected chi connectivity index (χ1v) is 11.6. The Labute approximate surface area is 194 Å². The lowest BCUT2D eigenvalue weighted by atomic mass is 10.1. The molecule has 0 aliphatic carbocycles. The van der Waals surface area contributed by atoms with Gasteiger partial charge in [0.25, 0.3) is 0 Å². The maximum Gasteiger partial charge on any atom is 0.241 e. The number of halogens is 1. The first kappa shape index (κ1) is 24.3. The number of benzene rings is 2.